The van der Waals surface area contributed by atoms with Crippen molar-refractivity contribution in [2.75, 3.05) is 5.32 Å². The summed E-state index contributed by atoms with van der Waals surface area (Å²) in [5.74, 6) is -0.0842. The summed E-state index contributed by atoms with van der Waals surface area (Å²) in [7, 11) is 0. The molecule has 0 unspecified atom stereocenters. The molecule has 1 amide bonds. The summed E-state index contributed by atoms with van der Waals surface area (Å²) in [5, 5.41) is 7.10. The molecule has 4 aromatic rings. The number of pyridine rings is 1. The van der Waals surface area contributed by atoms with Gasteiger partial charge in [0.1, 0.15) is 0 Å². The van der Waals surface area contributed by atoms with Gasteiger partial charge in [0.25, 0.3) is 5.91 Å². The fraction of sp³-hybridized carbons (Fsp3) is 0.0952. The average molecular weight is 374 g/mol. The van der Waals surface area contributed by atoms with Gasteiger partial charge in [0.2, 0.25) is 0 Å². The van der Waals surface area contributed by atoms with E-state index in [9.17, 15) is 4.79 Å². The summed E-state index contributed by atoms with van der Waals surface area (Å²) in [6.07, 6.45) is 3.58. The molecule has 27 heavy (non-hydrogen) atoms. The lowest BCUT2D eigenvalue weighted by Crippen LogP contribution is -2.22. The molecule has 2 aromatic carbocycles. The highest BCUT2D eigenvalue weighted by Gasteiger charge is 2.09. The number of carbonyl (C=O) groups is 1. The van der Waals surface area contributed by atoms with Crippen LogP contribution in [0.4, 0.5) is 5.13 Å². The lowest BCUT2D eigenvalue weighted by atomic mass is 10.2. The Labute approximate surface area is 161 Å². The number of amides is 1. The predicted molar refractivity (Wildman–Crippen MR) is 109 cm³/mol. The van der Waals surface area contributed by atoms with Gasteiger partial charge in [-0.1, -0.05) is 47.7 Å². The number of carbonyl (C=O) groups excluding carboxylic acids is 1. The third-order valence-electron chi connectivity index (χ3n) is 4.11. The van der Waals surface area contributed by atoms with Crippen molar-refractivity contribution in [2.24, 2.45) is 0 Å². The van der Waals surface area contributed by atoms with Crippen molar-refractivity contribution in [3.05, 3.63) is 89.7 Å². The fourth-order valence-corrected chi connectivity index (χ4v) is 3.60. The maximum atomic E-state index is 12.4. The molecule has 0 bridgehead atoms. The maximum absolute atomic E-state index is 12.4. The van der Waals surface area contributed by atoms with Gasteiger partial charge in [0.15, 0.2) is 5.13 Å². The first-order valence-corrected chi connectivity index (χ1v) is 9.45. The molecule has 0 atom stereocenters. The molecular weight excluding hydrogens is 356 g/mol. The molecule has 0 radical (unpaired) electrons. The highest BCUT2D eigenvalue weighted by atomic mass is 32.1. The summed E-state index contributed by atoms with van der Waals surface area (Å²) < 4.78 is 0.982. The van der Waals surface area contributed by atoms with Gasteiger partial charge in [-0.15, -0.1) is 0 Å². The van der Waals surface area contributed by atoms with E-state index in [2.05, 4.69) is 20.6 Å². The van der Waals surface area contributed by atoms with E-state index in [0.29, 0.717) is 18.7 Å². The van der Waals surface area contributed by atoms with Crippen molar-refractivity contribution in [3.63, 3.8) is 0 Å². The minimum absolute atomic E-state index is 0.0842. The molecule has 2 aromatic heterocycles. The van der Waals surface area contributed by atoms with Crippen molar-refractivity contribution in [1.82, 2.24) is 15.3 Å². The van der Waals surface area contributed by atoms with E-state index in [1.54, 1.807) is 6.20 Å². The third-order valence-corrected chi connectivity index (χ3v) is 5.09. The Morgan fingerprint density at radius 2 is 1.81 bits per heavy atom. The van der Waals surface area contributed by atoms with E-state index < -0.39 is 0 Å². The Balaban J connectivity index is 1.43. The van der Waals surface area contributed by atoms with Crippen molar-refractivity contribution in [2.45, 2.75) is 13.1 Å². The number of thiazole rings is 1. The summed E-state index contributed by atoms with van der Waals surface area (Å²) in [4.78, 5) is 21.1. The standard InChI is InChI=1S/C21H18N4OS/c26-20(23-13-15-5-2-1-3-6-15)17-8-9-18-19(11-17)27-21(25-18)24-14-16-7-4-10-22-12-16/h1-12H,13-14H2,(H,23,26)(H,24,25). The SMILES string of the molecule is O=C(NCc1ccccc1)c1ccc2nc(NCc3cccnc3)sc2c1. The summed E-state index contributed by atoms with van der Waals surface area (Å²) in [6, 6.07) is 19.4. The van der Waals surface area contributed by atoms with Crippen molar-refractivity contribution >= 4 is 32.6 Å². The zero-order valence-corrected chi connectivity index (χ0v) is 15.4. The molecule has 0 aliphatic carbocycles. The summed E-state index contributed by atoms with van der Waals surface area (Å²) in [5.41, 5.74) is 3.69. The Kier molecular flexibility index (Phi) is 5.07. The summed E-state index contributed by atoms with van der Waals surface area (Å²) >= 11 is 1.54. The predicted octanol–water partition coefficient (Wildman–Crippen LogP) is 4.23. The van der Waals surface area contributed by atoms with Crippen LogP contribution in [0.15, 0.2) is 73.1 Å². The van der Waals surface area contributed by atoms with Crippen LogP contribution in [0.5, 0.6) is 0 Å². The molecule has 134 valence electrons. The maximum Gasteiger partial charge on any atom is 0.251 e. The molecule has 0 saturated carbocycles. The molecule has 0 aliphatic heterocycles. The smallest absolute Gasteiger partial charge is 0.251 e. The lowest BCUT2D eigenvalue weighted by molar-refractivity contribution is 0.0951. The van der Waals surface area contributed by atoms with Crippen LogP contribution < -0.4 is 10.6 Å². The van der Waals surface area contributed by atoms with Crippen LogP contribution in [0.25, 0.3) is 10.2 Å². The highest BCUT2D eigenvalue weighted by Crippen LogP contribution is 2.27. The van der Waals surface area contributed by atoms with Crippen LogP contribution in [0.3, 0.4) is 0 Å². The second-order valence-corrected chi connectivity index (χ2v) is 7.12. The van der Waals surface area contributed by atoms with Crippen LogP contribution in [-0.4, -0.2) is 15.9 Å². The molecule has 0 fully saturated rings. The topological polar surface area (TPSA) is 66.9 Å². The van der Waals surface area contributed by atoms with Gasteiger partial charge in [0, 0.05) is 31.0 Å². The van der Waals surface area contributed by atoms with Crippen LogP contribution in [0.2, 0.25) is 0 Å². The highest BCUT2D eigenvalue weighted by molar-refractivity contribution is 7.22. The average Bonchev–Trinajstić information content (AvgIpc) is 3.14. The van der Waals surface area contributed by atoms with E-state index in [4.69, 9.17) is 0 Å². The van der Waals surface area contributed by atoms with Crippen molar-refractivity contribution in [3.8, 4) is 0 Å². The largest absolute Gasteiger partial charge is 0.357 e. The van der Waals surface area contributed by atoms with Gasteiger partial charge in [0.05, 0.1) is 10.2 Å². The molecule has 5 nitrogen and oxygen atoms in total. The number of rotatable bonds is 6. The molecule has 6 heteroatoms. The Morgan fingerprint density at radius 3 is 2.63 bits per heavy atom. The van der Waals surface area contributed by atoms with Gasteiger partial charge < -0.3 is 10.6 Å². The van der Waals surface area contributed by atoms with Gasteiger partial charge in [-0.3, -0.25) is 9.78 Å². The Morgan fingerprint density at radius 1 is 0.963 bits per heavy atom. The molecule has 0 aliphatic rings. The van der Waals surface area contributed by atoms with E-state index in [1.165, 1.54) is 11.3 Å². The first-order chi connectivity index (χ1) is 13.3. The van der Waals surface area contributed by atoms with Gasteiger partial charge >= 0.3 is 0 Å². The number of hydrogen-bond acceptors (Lipinski definition) is 5. The van der Waals surface area contributed by atoms with Crippen molar-refractivity contribution in [1.29, 1.82) is 0 Å². The molecule has 2 N–H and O–H groups in total. The minimum Gasteiger partial charge on any atom is -0.357 e. The second kappa shape index (κ2) is 7.97. The van der Waals surface area contributed by atoms with Crippen LogP contribution >= 0.6 is 11.3 Å². The monoisotopic (exact) mass is 374 g/mol. The van der Waals surface area contributed by atoms with E-state index in [0.717, 1.165) is 26.5 Å². The van der Waals surface area contributed by atoms with Gasteiger partial charge in [-0.05, 0) is 35.4 Å². The van der Waals surface area contributed by atoms with Gasteiger partial charge in [-0.2, -0.15) is 0 Å². The molecule has 0 saturated heterocycles. The number of nitrogens with one attached hydrogen (secondary N) is 2. The zero-order chi connectivity index (χ0) is 18.5. The van der Waals surface area contributed by atoms with E-state index in [-0.39, 0.29) is 5.91 Å². The molecular formula is C21H18N4OS. The zero-order valence-electron chi connectivity index (χ0n) is 14.6. The molecule has 2 heterocycles. The molecule has 4 rings (SSSR count). The second-order valence-electron chi connectivity index (χ2n) is 6.08. The molecule has 0 spiro atoms. The number of aromatic nitrogens is 2. The van der Waals surface area contributed by atoms with Crippen LogP contribution in [0.1, 0.15) is 21.5 Å². The number of anilines is 1. The third kappa shape index (κ3) is 4.30. The van der Waals surface area contributed by atoms with E-state index in [1.807, 2.05) is 66.9 Å². The number of fused-ring (bicyclic) bond motifs is 1. The normalized spacial score (nSPS) is 10.7. The minimum atomic E-state index is -0.0842. The van der Waals surface area contributed by atoms with E-state index >= 15 is 0 Å². The number of nitrogens with zero attached hydrogens (tertiary/aromatic N) is 2. The lowest BCUT2D eigenvalue weighted by Gasteiger charge is -2.05. The van der Waals surface area contributed by atoms with Crippen LogP contribution in [-0.2, 0) is 13.1 Å². The number of benzene rings is 2. The first kappa shape index (κ1) is 17.2. The van der Waals surface area contributed by atoms with Crippen LogP contribution in [0, 0.1) is 0 Å². The Bertz CT molecular complexity index is 1050. The van der Waals surface area contributed by atoms with Crippen molar-refractivity contribution < 1.29 is 4.79 Å². The summed E-state index contributed by atoms with van der Waals surface area (Å²) in [6.45, 7) is 1.18. The quantitative estimate of drug-likeness (QED) is 0.530. The number of hydrogen-bond donors (Lipinski definition) is 2. The first-order valence-electron chi connectivity index (χ1n) is 8.63. The van der Waals surface area contributed by atoms with Gasteiger partial charge in [-0.25, -0.2) is 4.98 Å². The fourth-order valence-electron chi connectivity index (χ4n) is 2.70. The Hall–Kier alpha value is -3.25.